The first kappa shape index (κ1) is 19.5. The van der Waals surface area contributed by atoms with E-state index in [0.29, 0.717) is 0 Å². The van der Waals surface area contributed by atoms with E-state index < -0.39 is 0 Å². The Morgan fingerprint density at radius 1 is 0.750 bits per heavy atom. The van der Waals surface area contributed by atoms with Crippen LogP contribution in [0.5, 0.6) is 0 Å². The van der Waals surface area contributed by atoms with Gasteiger partial charge in [0.1, 0.15) is 5.52 Å². The van der Waals surface area contributed by atoms with Crippen LogP contribution in [-0.2, 0) is 17.9 Å². The van der Waals surface area contributed by atoms with Crippen LogP contribution in [0.25, 0.3) is 38.6 Å². The fourth-order valence-corrected chi connectivity index (χ4v) is 6.09. The first-order chi connectivity index (χ1) is 15.2. The number of pyridine rings is 1. The Hall–Kier alpha value is -3.13. The third-order valence-electron chi connectivity index (χ3n) is 8.70. The minimum atomic E-state index is -0.0605. The first-order valence-electron chi connectivity index (χ1n) is 11.6. The van der Waals surface area contributed by atoms with Crippen molar-refractivity contribution in [3.63, 3.8) is 0 Å². The maximum absolute atomic E-state index is 2.60. The van der Waals surface area contributed by atoms with Gasteiger partial charge in [0.15, 0.2) is 11.4 Å². The summed E-state index contributed by atoms with van der Waals surface area (Å²) in [6.45, 7) is 14.2. The van der Waals surface area contributed by atoms with E-state index in [-0.39, 0.29) is 10.8 Å². The van der Waals surface area contributed by atoms with E-state index in [0.717, 1.165) is 0 Å². The summed E-state index contributed by atoms with van der Waals surface area (Å²) in [5, 5.41) is 4.08. The van der Waals surface area contributed by atoms with Crippen molar-refractivity contribution in [2.45, 2.75) is 52.4 Å². The SMILES string of the molecule is Cc1ccc2c3cccc4c3n3c(c(-c5ccccc5)[n+](C)c3c2c1C)C(C)(C)C4(C)C. The van der Waals surface area contributed by atoms with Gasteiger partial charge < -0.3 is 0 Å². The molecule has 2 heteroatoms. The predicted molar refractivity (Wildman–Crippen MR) is 135 cm³/mol. The minimum absolute atomic E-state index is 0.0161. The summed E-state index contributed by atoms with van der Waals surface area (Å²) in [5.41, 5.74) is 10.8. The zero-order valence-corrected chi connectivity index (χ0v) is 20.2. The number of fused-ring (bicyclic) bond motifs is 3. The van der Waals surface area contributed by atoms with Crippen molar-refractivity contribution in [2.75, 3.05) is 0 Å². The van der Waals surface area contributed by atoms with E-state index >= 15 is 0 Å². The lowest BCUT2D eigenvalue weighted by Gasteiger charge is -2.43. The van der Waals surface area contributed by atoms with Crippen LogP contribution in [0.15, 0.2) is 60.7 Å². The Bertz CT molecular complexity index is 1580. The molecule has 0 unspecified atom stereocenters. The number of imidazole rings is 1. The van der Waals surface area contributed by atoms with Crippen LogP contribution in [0.4, 0.5) is 0 Å². The van der Waals surface area contributed by atoms with Gasteiger partial charge in [-0.3, -0.25) is 0 Å². The van der Waals surface area contributed by atoms with Gasteiger partial charge in [0.2, 0.25) is 0 Å². The van der Waals surface area contributed by atoms with Crippen molar-refractivity contribution in [1.29, 1.82) is 0 Å². The minimum Gasteiger partial charge on any atom is -0.225 e. The number of aryl methyl sites for hydroxylation is 3. The largest absolute Gasteiger partial charge is 0.295 e. The predicted octanol–water partition coefficient (Wildman–Crippen LogP) is 6.92. The molecule has 2 nitrogen and oxygen atoms in total. The number of hydrogen-bond acceptors (Lipinski definition) is 0. The maximum atomic E-state index is 2.60. The molecule has 160 valence electrons. The highest BCUT2D eigenvalue weighted by molar-refractivity contribution is 6.14. The molecular formula is C30H31N2+. The molecule has 6 rings (SSSR count). The van der Waals surface area contributed by atoms with E-state index in [2.05, 4.69) is 118 Å². The lowest BCUT2D eigenvalue weighted by molar-refractivity contribution is -0.632. The third kappa shape index (κ3) is 2.09. The second-order valence-electron chi connectivity index (χ2n) is 10.7. The van der Waals surface area contributed by atoms with Crippen LogP contribution in [0, 0.1) is 13.8 Å². The Morgan fingerprint density at radius 2 is 1.47 bits per heavy atom. The Balaban J connectivity index is 2.04. The zero-order chi connectivity index (χ0) is 22.6. The molecule has 0 atom stereocenters. The van der Waals surface area contributed by atoms with Crippen molar-refractivity contribution in [3.8, 4) is 11.3 Å². The number of nitrogens with zero attached hydrogens (tertiary/aromatic N) is 2. The van der Waals surface area contributed by atoms with Crippen molar-refractivity contribution in [2.24, 2.45) is 7.05 Å². The molecule has 0 fully saturated rings. The highest BCUT2D eigenvalue weighted by Gasteiger charge is 2.52. The fourth-order valence-electron chi connectivity index (χ4n) is 6.09. The van der Waals surface area contributed by atoms with Crippen molar-refractivity contribution in [3.05, 3.63) is 83.0 Å². The van der Waals surface area contributed by atoms with Gasteiger partial charge in [-0.2, -0.15) is 4.40 Å². The topological polar surface area (TPSA) is 8.29 Å². The number of benzene rings is 3. The molecule has 0 aliphatic carbocycles. The molecule has 0 saturated carbocycles. The smallest absolute Gasteiger partial charge is 0.225 e. The third-order valence-corrected chi connectivity index (χ3v) is 8.70. The summed E-state index contributed by atoms with van der Waals surface area (Å²) in [6, 6.07) is 22.5. The van der Waals surface area contributed by atoms with E-state index in [4.69, 9.17) is 0 Å². The van der Waals surface area contributed by atoms with Gasteiger partial charge >= 0.3 is 0 Å². The molecule has 1 aliphatic rings. The number of para-hydroxylation sites is 1. The summed E-state index contributed by atoms with van der Waals surface area (Å²) < 4.78 is 5.06. The summed E-state index contributed by atoms with van der Waals surface area (Å²) in [7, 11) is 2.26. The average Bonchev–Trinajstić information content (AvgIpc) is 3.09. The van der Waals surface area contributed by atoms with Crippen molar-refractivity contribution >= 4 is 27.3 Å². The summed E-state index contributed by atoms with van der Waals surface area (Å²) >= 11 is 0. The van der Waals surface area contributed by atoms with Gasteiger partial charge in [-0.25, -0.2) is 4.57 Å². The summed E-state index contributed by atoms with van der Waals surface area (Å²) in [6.07, 6.45) is 0. The molecule has 3 heterocycles. The van der Waals surface area contributed by atoms with Gasteiger partial charge in [-0.1, -0.05) is 88.4 Å². The van der Waals surface area contributed by atoms with Crippen LogP contribution in [0.3, 0.4) is 0 Å². The van der Waals surface area contributed by atoms with E-state index in [1.54, 1.807) is 0 Å². The monoisotopic (exact) mass is 419 g/mol. The second kappa shape index (κ2) is 6.01. The lowest BCUT2D eigenvalue weighted by atomic mass is 9.60. The summed E-state index contributed by atoms with van der Waals surface area (Å²) in [4.78, 5) is 0. The van der Waals surface area contributed by atoms with Gasteiger partial charge in [0.25, 0.3) is 5.65 Å². The number of rotatable bonds is 1. The molecule has 3 aromatic carbocycles. The molecule has 1 aliphatic heterocycles. The van der Waals surface area contributed by atoms with Crippen LogP contribution in [0.1, 0.15) is 50.1 Å². The summed E-state index contributed by atoms with van der Waals surface area (Å²) in [5.74, 6) is 0. The normalized spacial score (nSPS) is 16.5. The molecule has 0 spiro atoms. The standard InChI is InChI=1S/C30H31N2/c1-18-16-17-21-22-14-11-15-23-26(22)32-27(30(5,6)29(23,3)4)25(20-12-9-8-10-13-20)31(7)28(32)24(21)19(18)2/h8-17H,1-7H3/q+1. The quantitative estimate of drug-likeness (QED) is 0.206. The van der Waals surface area contributed by atoms with Gasteiger partial charge in [0.05, 0.1) is 12.4 Å². The maximum Gasteiger partial charge on any atom is 0.295 e. The molecule has 0 radical (unpaired) electrons. The Labute approximate surface area is 190 Å². The fraction of sp³-hybridized carbons (Fsp3) is 0.300. The van der Waals surface area contributed by atoms with Crippen molar-refractivity contribution in [1.82, 2.24) is 4.40 Å². The molecule has 2 aromatic heterocycles. The molecule has 5 aromatic rings. The van der Waals surface area contributed by atoms with Crippen LogP contribution >= 0.6 is 0 Å². The molecule has 0 N–H and O–H groups in total. The van der Waals surface area contributed by atoms with Gasteiger partial charge in [0, 0.05) is 32.7 Å². The Kier molecular flexibility index (Phi) is 3.67. The van der Waals surface area contributed by atoms with E-state index in [1.165, 1.54) is 61.0 Å². The van der Waals surface area contributed by atoms with Gasteiger partial charge in [-0.15, -0.1) is 0 Å². The van der Waals surface area contributed by atoms with E-state index in [9.17, 15) is 0 Å². The van der Waals surface area contributed by atoms with Crippen molar-refractivity contribution < 1.29 is 4.57 Å². The lowest BCUT2D eigenvalue weighted by Crippen LogP contribution is -2.44. The zero-order valence-electron chi connectivity index (χ0n) is 20.2. The van der Waals surface area contributed by atoms with Crippen LogP contribution < -0.4 is 4.57 Å². The highest BCUT2D eigenvalue weighted by Crippen LogP contribution is 2.53. The molecule has 0 amide bonds. The molecule has 0 saturated heterocycles. The second-order valence-corrected chi connectivity index (χ2v) is 10.7. The number of hydrogen-bond donors (Lipinski definition) is 0. The first-order valence-corrected chi connectivity index (χ1v) is 11.6. The molecule has 0 bridgehead atoms. The highest BCUT2D eigenvalue weighted by atomic mass is 15.1. The van der Waals surface area contributed by atoms with Crippen LogP contribution in [0.2, 0.25) is 0 Å². The number of aromatic nitrogens is 2. The van der Waals surface area contributed by atoms with Gasteiger partial charge in [-0.05, 0) is 25.0 Å². The van der Waals surface area contributed by atoms with Crippen LogP contribution in [-0.4, -0.2) is 4.40 Å². The molecular weight excluding hydrogens is 388 g/mol. The average molecular weight is 420 g/mol. The van der Waals surface area contributed by atoms with E-state index in [1.807, 2.05) is 0 Å². The molecule has 32 heavy (non-hydrogen) atoms. The Morgan fingerprint density at radius 3 is 2.19 bits per heavy atom.